The van der Waals surface area contributed by atoms with Gasteiger partial charge in [0.25, 0.3) is 5.91 Å². The number of halogens is 3. The van der Waals surface area contributed by atoms with Crippen LogP contribution in [0, 0.1) is 18.6 Å². The van der Waals surface area contributed by atoms with Crippen LogP contribution in [-0.4, -0.2) is 31.5 Å². The van der Waals surface area contributed by atoms with Gasteiger partial charge in [-0.05, 0) is 18.6 Å². The first-order valence-electron chi connectivity index (χ1n) is 5.32. The van der Waals surface area contributed by atoms with Crippen LogP contribution in [0.15, 0.2) is 12.1 Å². The highest BCUT2D eigenvalue weighted by molar-refractivity contribution is 6.21. The van der Waals surface area contributed by atoms with Gasteiger partial charge < -0.3 is 10.1 Å². The molecule has 100 valence electrons. The van der Waals surface area contributed by atoms with Crippen LogP contribution in [0.4, 0.5) is 8.78 Å². The van der Waals surface area contributed by atoms with Crippen molar-refractivity contribution >= 4 is 17.5 Å². The zero-order chi connectivity index (χ0) is 13.7. The number of benzene rings is 1. The quantitative estimate of drug-likeness (QED) is 0.839. The lowest BCUT2D eigenvalue weighted by molar-refractivity contribution is 0.0945. The molecule has 0 aliphatic rings. The second-order valence-corrected chi connectivity index (χ2v) is 4.46. The van der Waals surface area contributed by atoms with Crippen LogP contribution >= 0.6 is 11.6 Å². The number of ether oxygens (including phenoxy) is 1. The number of carbonyl (C=O) groups excluding carboxylic acids is 1. The summed E-state index contributed by atoms with van der Waals surface area (Å²) in [5, 5.41) is 2.06. The molecule has 0 aromatic heterocycles. The summed E-state index contributed by atoms with van der Waals surface area (Å²) < 4.78 is 31.2. The molecule has 1 amide bonds. The van der Waals surface area contributed by atoms with Crippen LogP contribution in [0.3, 0.4) is 0 Å². The van der Waals surface area contributed by atoms with E-state index < -0.39 is 22.9 Å². The van der Waals surface area contributed by atoms with Gasteiger partial charge in [0.05, 0.1) is 17.5 Å². The van der Waals surface area contributed by atoms with E-state index in [0.717, 1.165) is 0 Å². The molecule has 1 N–H and O–H groups in total. The highest BCUT2D eigenvalue weighted by atomic mass is 35.5. The van der Waals surface area contributed by atoms with Crippen LogP contribution in [0.2, 0.25) is 0 Å². The monoisotopic (exact) mass is 277 g/mol. The molecule has 0 saturated heterocycles. The number of hydrogen-bond acceptors (Lipinski definition) is 2. The minimum Gasteiger partial charge on any atom is -0.383 e. The standard InChI is InChI=1S/C12H14ClF2NO2/c1-7-3-9(11(15)4-10(7)14)12(17)16-5-8(13)6-18-2/h3-4,8H,5-6H2,1-2H3,(H,16,17). The molecular weight excluding hydrogens is 264 g/mol. The van der Waals surface area contributed by atoms with Gasteiger partial charge in [-0.1, -0.05) is 0 Å². The third-order valence-corrected chi connectivity index (χ3v) is 2.60. The average Bonchev–Trinajstić information content (AvgIpc) is 2.31. The number of aryl methyl sites for hydroxylation is 1. The number of hydrogen-bond donors (Lipinski definition) is 1. The number of nitrogens with one attached hydrogen (secondary N) is 1. The minimum atomic E-state index is -0.895. The fourth-order valence-corrected chi connectivity index (χ4v) is 1.57. The second kappa shape index (κ2) is 6.66. The molecular formula is C12H14ClF2NO2. The van der Waals surface area contributed by atoms with Crippen molar-refractivity contribution in [1.29, 1.82) is 0 Å². The highest BCUT2D eigenvalue weighted by Crippen LogP contribution is 2.14. The van der Waals surface area contributed by atoms with E-state index in [0.29, 0.717) is 6.07 Å². The molecule has 0 spiro atoms. The summed E-state index contributed by atoms with van der Waals surface area (Å²) in [6.45, 7) is 1.87. The van der Waals surface area contributed by atoms with E-state index in [2.05, 4.69) is 5.32 Å². The van der Waals surface area contributed by atoms with Crippen molar-refractivity contribution in [2.75, 3.05) is 20.3 Å². The summed E-state index contributed by atoms with van der Waals surface area (Å²) >= 11 is 5.82. The Labute approximate surface area is 109 Å². The molecule has 1 aromatic carbocycles. The maximum absolute atomic E-state index is 13.4. The van der Waals surface area contributed by atoms with Gasteiger partial charge in [-0.2, -0.15) is 0 Å². The van der Waals surface area contributed by atoms with Gasteiger partial charge in [0, 0.05) is 19.7 Å². The van der Waals surface area contributed by atoms with Gasteiger partial charge in [-0.15, -0.1) is 11.6 Å². The van der Waals surface area contributed by atoms with Crippen LogP contribution < -0.4 is 5.32 Å². The van der Waals surface area contributed by atoms with Crippen LogP contribution in [-0.2, 0) is 4.74 Å². The van der Waals surface area contributed by atoms with E-state index in [1.807, 2.05) is 0 Å². The van der Waals surface area contributed by atoms with E-state index in [-0.39, 0.29) is 24.3 Å². The summed E-state index contributed by atoms with van der Waals surface area (Å²) in [6, 6.07) is 1.86. The Morgan fingerprint density at radius 1 is 1.44 bits per heavy atom. The minimum absolute atomic E-state index is 0.143. The lowest BCUT2D eigenvalue weighted by atomic mass is 10.1. The summed E-state index contributed by atoms with van der Waals surface area (Å²) in [4.78, 5) is 11.7. The lowest BCUT2D eigenvalue weighted by Crippen LogP contribution is -2.32. The molecule has 6 heteroatoms. The Morgan fingerprint density at radius 2 is 2.11 bits per heavy atom. The third kappa shape index (κ3) is 3.92. The normalized spacial score (nSPS) is 12.3. The third-order valence-electron chi connectivity index (χ3n) is 2.32. The Balaban J connectivity index is 2.70. The van der Waals surface area contributed by atoms with Gasteiger partial charge in [-0.3, -0.25) is 4.79 Å². The van der Waals surface area contributed by atoms with Crippen molar-refractivity contribution in [3.8, 4) is 0 Å². The number of carbonyl (C=O) groups is 1. The Bertz CT molecular complexity index is 440. The maximum Gasteiger partial charge on any atom is 0.254 e. The van der Waals surface area contributed by atoms with Crippen molar-refractivity contribution in [3.05, 3.63) is 34.9 Å². The average molecular weight is 278 g/mol. The molecule has 0 saturated carbocycles. The smallest absolute Gasteiger partial charge is 0.254 e. The molecule has 0 radical (unpaired) electrons. The van der Waals surface area contributed by atoms with Gasteiger partial charge in [0.1, 0.15) is 11.6 Å². The van der Waals surface area contributed by atoms with Gasteiger partial charge in [-0.25, -0.2) is 8.78 Å². The van der Waals surface area contributed by atoms with E-state index in [9.17, 15) is 13.6 Å². The first-order valence-corrected chi connectivity index (χ1v) is 5.76. The predicted octanol–water partition coefficient (Wildman–Crippen LogP) is 2.26. The van der Waals surface area contributed by atoms with Crippen molar-refractivity contribution < 1.29 is 18.3 Å². The zero-order valence-electron chi connectivity index (χ0n) is 10.1. The van der Waals surface area contributed by atoms with E-state index in [1.165, 1.54) is 20.1 Å². The molecule has 1 rings (SSSR count). The number of methoxy groups -OCH3 is 1. The maximum atomic E-state index is 13.4. The number of rotatable bonds is 5. The summed E-state index contributed by atoms with van der Waals surface area (Å²) in [6.07, 6.45) is 0. The van der Waals surface area contributed by atoms with Gasteiger partial charge in [0.15, 0.2) is 0 Å². The largest absolute Gasteiger partial charge is 0.383 e. The van der Waals surface area contributed by atoms with Crippen molar-refractivity contribution in [2.45, 2.75) is 12.3 Å². The highest BCUT2D eigenvalue weighted by Gasteiger charge is 2.15. The fourth-order valence-electron chi connectivity index (χ4n) is 1.37. The number of alkyl halides is 1. The first kappa shape index (κ1) is 14.9. The topological polar surface area (TPSA) is 38.3 Å². The van der Waals surface area contributed by atoms with E-state index in [4.69, 9.17) is 16.3 Å². The Morgan fingerprint density at radius 3 is 2.72 bits per heavy atom. The molecule has 3 nitrogen and oxygen atoms in total. The summed E-state index contributed by atoms with van der Waals surface area (Å²) in [7, 11) is 1.49. The fraction of sp³-hybridized carbons (Fsp3) is 0.417. The predicted molar refractivity (Wildman–Crippen MR) is 64.9 cm³/mol. The molecule has 0 aliphatic heterocycles. The molecule has 1 aromatic rings. The molecule has 0 heterocycles. The summed E-state index contributed by atoms with van der Waals surface area (Å²) in [5.74, 6) is -2.20. The zero-order valence-corrected chi connectivity index (χ0v) is 10.9. The molecule has 0 fully saturated rings. The first-order chi connectivity index (χ1) is 8.45. The van der Waals surface area contributed by atoms with Gasteiger partial charge >= 0.3 is 0 Å². The van der Waals surface area contributed by atoms with Crippen LogP contribution in [0.25, 0.3) is 0 Å². The molecule has 1 unspecified atom stereocenters. The molecule has 0 bridgehead atoms. The van der Waals surface area contributed by atoms with Crippen molar-refractivity contribution in [3.63, 3.8) is 0 Å². The van der Waals surface area contributed by atoms with Crippen LogP contribution in [0.5, 0.6) is 0 Å². The van der Waals surface area contributed by atoms with Crippen molar-refractivity contribution in [1.82, 2.24) is 5.32 Å². The van der Waals surface area contributed by atoms with Gasteiger partial charge in [0.2, 0.25) is 0 Å². The van der Waals surface area contributed by atoms with E-state index >= 15 is 0 Å². The number of amides is 1. The van der Waals surface area contributed by atoms with Crippen molar-refractivity contribution in [2.24, 2.45) is 0 Å². The molecule has 18 heavy (non-hydrogen) atoms. The molecule has 1 atom stereocenters. The molecule has 0 aliphatic carbocycles. The van der Waals surface area contributed by atoms with E-state index in [1.54, 1.807) is 0 Å². The lowest BCUT2D eigenvalue weighted by Gasteiger charge is -2.11. The SMILES string of the molecule is COCC(Cl)CNC(=O)c1cc(C)c(F)cc1F. The second-order valence-electron chi connectivity index (χ2n) is 3.84. The van der Waals surface area contributed by atoms with Crippen LogP contribution in [0.1, 0.15) is 15.9 Å². The Kier molecular flexibility index (Phi) is 5.50. The Hall–Kier alpha value is -1.20. The summed E-state index contributed by atoms with van der Waals surface area (Å²) in [5.41, 5.74) is 0.0102.